The van der Waals surface area contributed by atoms with E-state index in [1.807, 2.05) is 6.92 Å². The summed E-state index contributed by atoms with van der Waals surface area (Å²) in [5, 5.41) is 12.0. The molecule has 1 aliphatic carbocycles. The van der Waals surface area contributed by atoms with E-state index >= 15 is 0 Å². The van der Waals surface area contributed by atoms with Crippen molar-refractivity contribution in [2.75, 3.05) is 16.0 Å². The van der Waals surface area contributed by atoms with E-state index in [-0.39, 0.29) is 29.4 Å². The van der Waals surface area contributed by atoms with Gasteiger partial charge >= 0.3 is 0 Å². The minimum Gasteiger partial charge on any atom is -0.301 e. The molecule has 4 rings (SSSR count). The molecule has 2 aromatic heterocycles. The monoisotopic (exact) mass is 437 g/mol. The Kier molecular flexibility index (Phi) is 5.56. The lowest BCUT2D eigenvalue weighted by Crippen LogP contribution is -2.32. The van der Waals surface area contributed by atoms with Crippen molar-refractivity contribution in [2.24, 2.45) is 0 Å². The molecule has 0 unspecified atom stereocenters. The number of fused-ring (bicyclic) bond motifs is 1. The number of anilines is 2. The van der Waals surface area contributed by atoms with E-state index in [0.29, 0.717) is 31.2 Å². The van der Waals surface area contributed by atoms with Crippen LogP contribution in [-0.4, -0.2) is 38.8 Å². The van der Waals surface area contributed by atoms with Crippen molar-refractivity contribution in [1.82, 2.24) is 15.2 Å². The van der Waals surface area contributed by atoms with Gasteiger partial charge in [-0.1, -0.05) is 41.4 Å². The molecule has 146 valence electrons. The lowest BCUT2D eigenvalue weighted by molar-refractivity contribution is -0.118. The zero-order chi connectivity index (χ0) is 19.7. The van der Waals surface area contributed by atoms with Crippen LogP contribution in [0.3, 0.4) is 0 Å². The van der Waals surface area contributed by atoms with Crippen molar-refractivity contribution in [1.29, 1.82) is 0 Å². The van der Waals surface area contributed by atoms with Crippen LogP contribution in [0.4, 0.5) is 14.7 Å². The number of benzene rings is 1. The lowest BCUT2D eigenvalue weighted by Gasteiger charge is -2.17. The lowest BCUT2D eigenvalue weighted by atomic mass is 10.3. The van der Waals surface area contributed by atoms with Gasteiger partial charge in [0, 0.05) is 12.5 Å². The standard InChI is InChI=1S/C17H16FN5O2S3/c1-2-14(25)23(10-4-5-10)16-21-22-17(28-16)26-8-13(24)20-15-19-11-6-3-9(18)7-12(11)27-15/h3,6-7,10H,2,4-5,8H2,1H3,(H,19,20,24). The van der Waals surface area contributed by atoms with Gasteiger partial charge < -0.3 is 5.32 Å². The topological polar surface area (TPSA) is 88.1 Å². The Morgan fingerprint density at radius 1 is 1.32 bits per heavy atom. The van der Waals surface area contributed by atoms with Gasteiger partial charge in [-0.05, 0) is 31.0 Å². The SMILES string of the molecule is CCC(=O)N(c1nnc(SCC(=O)Nc2nc3ccc(F)cc3s2)s1)C1CC1. The van der Waals surface area contributed by atoms with Gasteiger partial charge in [0.05, 0.1) is 16.0 Å². The maximum absolute atomic E-state index is 13.3. The number of rotatable bonds is 7. The quantitative estimate of drug-likeness (QED) is 0.445. The number of aromatic nitrogens is 3. The molecule has 0 spiro atoms. The molecule has 1 fully saturated rings. The zero-order valence-electron chi connectivity index (χ0n) is 14.8. The van der Waals surface area contributed by atoms with Gasteiger partial charge in [0.25, 0.3) is 0 Å². The molecule has 3 aromatic rings. The molecule has 0 radical (unpaired) electrons. The average molecular weight is 438 g/mol. The molecule has 0 saturated heterocycles. The number of nitrogens with one attached hydrogen (secondary N) is 1. The molecule has 1 aliphatic rings. The average Bonchev–Trinajstić information content (AvgIpc) is 3.25. The molecule has 7 nitrogen and oxygen atoms in total. The van der Waals surface area contributed by atoms with E-state index in [4.69, 9.17) is 0 Å². The van der Waals surface area contributed by atoms with Crippen LogP contribution in [-0.2, 0) is 9.59 Å². The smallest absolute Gasteiger partial charge is 0.236 e. The highest BCUT2D eigenvalue weighted by Gasteiger charge is 2.35. The summed E-state index contributed by atoms with van der Waals surface area (Å²) in [6.45, 7) is 1.83. The number of hydrogen-bond acceptors (Lipinski definition) is 8. The maximum atomic E-state index is 13.3. The Balaban J connectivity index is 1.35. The Bertz CT molecular complexity index is 1030. The summed E-state index contributed by atoms with van der Waals surface area (Å²) in [6, 6.07) is 4.54. The molecule has 2 heterocycles. The molecule has 2 amide bonds. The second kappa shape index (κ2) is 8.10. The van der Waals surface area contributed by atoms with Crippen molar-refractivity contribution in [3.8, 4) is 0 Å². The molecule has 0 aliphatic heterocycles. The van der Waals surface area contributed by atoms with Gasteiger partial charge in [-0.25, -0.2) is 9.37 Å². The predicted octanol–water partition coefficient (Wildman–Crippen LogP) is 3.92. The molecule has 1 N–H and O–H groups in total. The highest BCUT2D eigenvalue weighted by Crippen LogP contribution is 2.36. The number of thiazole rings is 1. The second-order valence-electron chi connectivity index (χ2n) is 6.17. The van der Waals surface area contributed by atoms with Crippen LogP contribution in [0.5, 0.6) is 0 Å². The Labute approximate surface area is 172 Å². The Morgan fingerprint density at radius 3 is 2.89 bits per heavy atom. The molecule has 0 bridgehead atoms. The van der Waals surface area contributed by atoms with Gasteiger partial charge in [-0.3, -0.25) is 14.5 Å². The summed E-state index contributed by atoms with van der Waals surface area (Å²) >= 11 is 3.80. The van der Waals surface area contributed by atoms with Gasteiger partial charge in [0.2, 0.25) is 16.9 Å². The summed E-state index contributed by atoms with van der Waals surface area (Å²) in [4.78, 5) is 30.3. The minimum absolute atomic E-state index is 0.0419. The van der Waals surface area contributed by atoms with Crippen LogP contribution in [0.1, 0.15) is 26.2 Å². The van der Waals surface area contributed by atoms with E-state index in [0.717, 1.165) is 12.8 Å². The fraction of sp³-hybridized carbons (Fsp3) is 0.353. The molecule has 1 aromatic carbocycles. The van der Waals surface area contributed by atoms with Crippen molar-refractivity contribution >= 4 is 66.7 Å². The normalized spacial score (nSPS) is 13.6. The summed E-state index contributed by atoms with van der Waals surface area (Å²) in [5.41, 5.74) is 0.642. The summed E-state index contributed by atoms with van der Waals surface area (Å²) in [6.07, 6.45) is 2.40. The number of thioether (sulfide) groups is 1. The Morgan fingerprint density at radius 2 is 2.14 bits per heavy atom. The molecule has 11 heteroatoms. The predicted molar refractivity (Wildman–Crippen MR) is 110 cm³/mol. The maximum Gasteiger partial charge on any atom is 0.236 e. The molecule has 1 saturated carbocycles. The van der Waals surface area contributed by atoms with Crippen molar-refractivity contribution < 1.29 is 14.0 Å². The largest absolute Gasteiger partial charge is 0.301 e. The van der Waals surface area contributed by atoms with Crippen LogP contribution >= 0.6 is 34.4 Å². The zero-order valence-corrected chi connectivity index (χ0v) is 17.3. The highest BCUT2D eigenvalue weighted by molar-refractivity contribution is 8.01. The first-order chi connectivity index (χ1) is 13.5. The fourth-order valence-electron chi connectivity index (χ4n) is 2.56. The fourth-order valence-corrected chi connectivity index (χ4v) is 5.20. The summed E-state index contributed by atoms with van der Waals surface area (Å²) < 4.78 is 14.6. The van der Waals surface area contributed by atoms with Crippen molar-refractivity contribution in [2.45, 2.75) is 36.6 Å². The first-order valence-electron chi connectivity index (χ1n) is 8.68. The van der Waals surface area contributed by atoms with Gasteiger partial charge in [-0.15, -0.1) is 10.2 Å². The third-order valence-electron chi connectivity index (χ3n) is 4.01. The summed E-state index contributed by atoms with van der Waals surface area (Å²) in [5.74, 6) is -0.381. The number of amides is 2. The third-order valence-corrected chi connectivity index (χ3v) is 7.00. The third kappa shape index (κ3) is 4.31. The molecular weight excluding hydrogens is 421 g/mol. The van der Waals surface area contributed by atoms with Crippen LogP contribution in [0.2, 0.25) is 0 Å². The van der Waals surface area contributed by atoms with E-state index < -0.39 is 0 Å². The van der Waals surface area contributed by atoms with Crippen LogP contribution in [0.25, 0.3) is 10.2 Å². The number of carbonyl (C=O) groups excluding carboxylic acids is 2. The van der Waals surface area contributed by atoms with E-state index in [9.17, 15) is 14.0 Å². The highest BCUT2D eigenvalue weighted by atomic mass is 32.2. The van der Waals surface area contributed by atoms with E-state index in [1.54, 1.807) is 11.0 Å². The van der Waals surface area contributed by atoms with Crippen LogP contribution in [0, 0.1) is 5.82 Å². The first-order valence-corrected chi connectivity index (χ1v) is 11.3. The molecule has 0 atom stereocenters. The van der Waals surface area contributed by atoms with Gasteiger partial charge in [-0.2, -0.15) is 0 Å². The van der Waals surface area contributed by atoms with Crippen molar-refractivity contribution in [3.63, 3.8) is 0 Å². The van der Waals surface area contributed by atoms with Crippen LogP contribution < -0.4 is 10.2 Å². The Hall–Kier alpha value is -2.11. The molecule has 28 heavy (non-hydrogen) atoms. The number of hydrogen-bond donors (Lipinski definition) is 1. The number of nitrogens with zero attached hydrogens (tertiary/aromatic N) is 4. The van der Waals surface area contributed by atoms with Gasteiger partial charge in [0.15, 0.2) is 9.47 Å². The first kappa shape index (κ1) is 19.2. The minimum atomic E-state index is -0.335. The van der Waals surface area contributed by atoms with Gasteiger partial charge in [0.1, 0.15) is 5.82 Å². The number of carbonyl (C=O) groups is 2. The van der Waals surface area contributed by atoms with E-state index in [1.165, 1.54) is 46.6 Å². The number of halogens is 1. The van der Waals surface area contributed by atoms with Crippen LogP contribution in [0.15, 0.2) is 22.5 Å². The van der Waals surface area contributed by atoms with Crippen molar-refractivity contribution in [3.05, 3.63) is 24.0 Å². The van der Waals surface area contributed by atoms with E-state index in [2.05, 4.69) is 20.5 Å². The summed E-state index contributed by atoms with van der Waals surface area (Å²) in [7, 11) is 0. The molecular formula is C17H16FN5O2S3. The second-order valence-corrected chi connectivity index (χ2v) is 9.38.